The van der Waals surface area contributed by atoms with Gasteiger partial charge in [0.05, 0.1) is 0 Å². The lowest BCUT2D eigenvalue weighted by atomic mass is 10.1. The Kier molecular flexibility index (Phi) is 5.21. The van der Waals surface area contributed by atoms with Gasteiger partial charge in [-0.3, -0.25) is 0 Å². The fraction of sp³-hybridized carbons (Fsp3) is 0.235. The number of hydrogen-bond donors (Lipinski definition) is 2. The first-order valence-electron chi connectivity index (χ1n) is 6.94. The van der Waals surface area contributed by atoms with Crippen LogP contribution in [-0.2, 0) is 6.42 Å². The summed E-state index contributed by atoms with van der Waals surface area (Å²) in [6, 6.07) is 12.1. The van der Waals surface area contributed by atoms with Gasteiger partial charge in [0.15, 0.2) is 5.11 Å². The Morgan fingerprint density at radius 1 is 1.10 bits per heavy atom. The van der Waals surface area contributed by atoms with E-state index in [1.807, 2.05) is 25.1 Å². The van der Waals surface area contributed by atoms with Gasteiger partial charge < -0.3 is 10.6 Å². The molecule has 0 saturated heterocycles. The van der Waals surface area contributed by atoms with Crippen LogP contribution in [0, 0.1) is 13.8 Å². The van der Waals surface area contributed by atoms with Crippen molar-refractivity contribution >= 4 is 40.3 Å². The average molecular weight is 319 g/mol. The maximum absolute atomic E-state index is 6.13. The van der Waals surface area contributed by atoms with Crippen molar-refractivity contribution < 1.29 is 0 Å². The zero-order chi connectivity index (χ0) is 15.4. The minimum absolute atomic E-state index is 0.568. The van der Waals surface area contributed by atoms with E-state index in [9.17, 15) is 0 Å². The van der Waals surface area contributed by atoms with Gasteiger partial charge in [0, 0.05) is 16.4 Å². The number of halogens is 1. The number of anilines is 2. The molecule has 0 amide bonds. The summed E-state index contributed by atoms with van der Waals surface area (Å²) < 4.78 is 0. The van der Waals surface area contributed by atoms with Crippen molar-refractivity contribution in [1.82, 2.24) is 0 Å². The van der Waals surface area contributed by atoms with Gasteiger partial charge in [-0.2, -0.15) is 0 Å². The van der Waals surface area contributed by atoms with Gasteiger partial charge in [-0.25, -0.2) is 0 Å². The van der Waals surface area contributed by atoms with E-state index in [0.29, 0.717) is 5.11 Å². The van der Waals surface area contributed by atoms with Crippen molar-refractivity contribution in [3.8, 4) is 0 Å². The lowest BCUT2D eigenvalue weighted by Crippen LogP contribution is -2.20. The third kappa shape index (κ3) is 3.96. The Hall–Kier alpha value is -1.58. The second-order valence-corrected chi connectivity index (χ2v) is 5.82. The number of thiocarbonyl (C=S) groups is 1. The SMILES string of the molecule is CCc1cccc(C)c1NC(=S)Nc1ccc(C)c(Cl)c1. The van der Waals surface area contributed by atoms with Crippen LogP contribution in [0.25, 0.3) is 0 Å². The summed E-state index contributed by atoms with van der Waals surface area (Å²) in [6.45, 7) is 6.19. The van der Waals surface area contributed by atoms with Gasteiger partial charge in [0.1, 0.15) is 0 Å². The predicted molar refractivity (Wildman–Crippen MR) is 96.6 cm³/mol. The number of aryl methyl sites for hydroxylation is 3. The van der Waals surface area contributed by atoms with Crippen molar-refractivity contribution in [3.63, 3.8) is 0 Å². The number of nitrogens with one attached hydrogen (secondary N) is 2. The van der Waals surface area contributed by atoms with Crippen LogP contribution in [0.4, 0.5) is 11.4 Å². The van der Waals surface area contributed by atoms with Crippen LogP contribution in [0.1, 0.15) is 23.6 Å². The number of benzene rings is 2. The molecule has 0 heterocycles. The molecule has 0 aliphatic carbocycles. The topological polar surface area (TPSA) is 24.1 Å². The van der Waals surface area contributed by atoms with Crippen LogP contribution >= 0.6 is 23.8 Å². The molecule has 21 heavy (non-hydrogen) atoms. The number of para-hydroxylation sites is 1. The summed E-state index contributed by atoms with van der Waals surface area (Å²) in [5.74, 6) is 0. The minimum atomic E-state index is 0.568. The maximum atomic E-state index is 6.13. The third-order valence-electron chi connectivity index (χ3n) is 3.41. The highest BCUT2D eigenvalue weighted by molar-refractivity contribution is 7.80. The Morgan fingerprint density at radius 3 is 2.52 bits per heavy atom. The second-order valence-electron chi connectivity index (χ2n) is 5.01. The van der Waals surface area contributed by atoms with Crippen molar-refractivity contribution in [3.05, 3.63) is 58.1 Å². The molecule has 2 rings (SSSR count). The Morgan fingerprint density at radius 2 is 1.86 bits per heavy atom. The van der Waals surface area contributed by atoms with Gasteiger partial charge in [0.2, 0.25) is 0 Å². The molecule has 110 valence electrons. The molecule has 0 aromatic heterocycles. The molecule has 0 aliphatic rings. The van der Waals surface area contributed by atoms with E-state index < -0.39 is 0 Å². The van der Waals surface area contributed by atoms with Gasteiger partial charge >= 0.3 is 0 Å². The normalized spacial score (nSPS) is 10.3. The molecule has 2 nitrogen and oxygen atoms in total. The first kappa shape index (κ1) is 15.8. The number of rotatable bonds is 3. The Balaban J connectivity index is 2.13. The van der Waals surface area contributed by atoms with Gasteiger partial charge in [-0.05, 0) is 61.3 Å². The maximum Gasteiger partial charge on any atom is 0.175 e. The first-order chi connectivity index (χ1) is 10.0. The standard InChI is InChI=1S/C17H19ClN2S/c1-4-13-7-5-6-12(3)16(13)20-17(21)19-14-9-8-11(2)15(18)10-14/h5-10H,4H2,1-3H3,(H2,19,20,21). The first-order valence-corrected chi connectivity index (χ1v) is 7.72. The third-order valence-corrected chi connectivity index (χ3v) is 4.02. The fourth-order valence-electron chi connectivity index (χ4n) is 2.15. The number of hydrogen-bond acceptors (Lipinski definition) is 1. The molecule has 0 atom stereocenters. The summed E-state index contributed by atoms with van der Waals surface area (Å²) in [6.07, 6.45) is 0.961. The van der Waals surface area contributed by atoms with Crippen LogP contribution in [0.2, 0.25) is 5.02 Å². The van der Waals surface area contributed by atoms with E-state index in [4.69, 9.17) is 23.8 Å². The molecular weight excluding hydrogens is 300 g/mol. The summed E-state index contributed by atoms with van der Waals surface area (Å²) in [5, 5.41) is 7.76. The smallest absolute Gasteiger partial charge is 0.175 e. The predicted octanol–water partition coefficient (Wildman–Crippen LogP) is 5.33. The van der Waals surface area contributed by atoms with Crippen molar-refractivity contribution in [2.24, 2.45) is 0 Å². The molecule has 0 spiro atoms. The molecule has 0 radical (unpaired) electrons. The lowest BCUT2D eigenvalue weighted by Gasteiger charge is -2.16. The highest BCUT2D eigenvalue weighted by Crippen LogP contribution is 2.23. The van der Waals surface area contributed by atoms with E-state index in [0.717, 1.165) is 28.4 Å². The van der Waals surface area contributed by atoms with Crippen molar-refractivity contribution in [1.29, 1.82) is 0 Å². The van der Waals surface area contributed by atoms with Crippen LogP contribution < -0.4 is 10.6 Å². The molecule has 2 aromatic carbocycles. The van der Waals surface area contributed by atoms with Gasteiger partial charge in [-0.15, -0.1) is 0 Å². The van der Waals surface area contributed by atoms with Crippen LogP contribution in [0.15, 0.2) is 36.4 Å². The van der Waals surface area contributed by atoms with E-state index in [2.05, 4.69) is 42.7 Å². The Bertz CT molecular complexity index is 668. The summed E-state index contributed by atoms with van der Waals surface area (Å²) in [5.41, 5.74) is 5.44. The van der Waals surface area contributed by atoms with E-state index in [1.165, 1.54) is 11.1 Å². The van der Waals surface area contributed by atoms with E-state index in [1.54, 1.807) is 0 Å². The van der Waals surface area contributed by atoms with Gasteiger partial charge in [0.25, 0.3) is 0 Å². The molecule has 2 aromatic rings. The molecule has 0 bridgehead atoms. The summed E-state index contributed by atoms with van der Waals surface area (Å²) >= 11 is 11.5. The fourth-order valence-corrected chi connectivity index (χ4v) is 2.55. The average Bonchev–Trinajstić information content (AvgIpc) is 2.45. The monoisotopic (exact) mass is 318 g/mol. The van der Waals surface area contributed by atoms with E-state index in [-0.39, 0.29) is 0 Å². The van der Waals surface area contributed by atoms with Crippen molar-refractivity contribution in [2.75, 3.05) is 10.6 Å². The highest BCUT2D eigenvalue weighted by Gasteiger charge is 2.07. The molecule has 0 aliphatic heterocycles. The molecule has 0 fully saturated rings. The van der Waals surface area contributed by atoms with Gasteiger partial charge in [-0.1, -0.05) is 42.8 Å². The quantitative estimate of drug-likeness (QED) is 0.748. The van der Waals surface area contributed by atoms with E-state index >= 15 is 0 Å². The highest BCUT2D eigenvalue weighted by atomic mass is 35.5. The zero-order valence-electron chi connectivity index (χ0n) is 12.5. The molecule has 0 saturated carbocycles. The molecular formula is C17H19ClN2S. The summed E-state index contributed by atoms with van der Waals surface area (Å²) in [7, 11) is 0. The molecule has 0 unspecified atom stereocenters. The molecule has 4 heteroatoms. The van der Waals surface area contributed by atoms with Crippen LogP contribution in [0.3, 0.4) is 0 Å². The summed E-state index contributed by atoms with van der Waals surface area (Å²) in [4.78, 5) is 0. The second kappa shape index (κ2) is 6.92. The lowest BCUT2D eigenvalue weighted by molar-refractivity contribution is 1.13. The largest absolute Gasteiger partial charge is 0.332 e. The Labute approximate surface area is 136 Å². The van der Waals surface area contributed by atoms with Crippen LogP contribution in [0.5, 0.6) is 0 Å². The minimum Gasteiger partial charge on any atom is -0.332 e. The molecule has 2 N–H and O–H groups in total. The van der Waals surface area contributed by atoms with Crippen LogP contribution in [-0.4, -0.2) is 5.11 Å². The van der Waals surface area contributed by atoms with Crippen molar-refractivity contribution in [2.45, 2.75) is 27.2 Å². The zero-order valence-corrected chi connectivity index (χ0v) is 14.0.